The summed E-state index contributed by atoms with van der Waals surface area (Å²) in [4.78, 5) is 9.00. The summed E-state index contributed by atoms with van der Waals surface area (Å²) >= 11 is -2.61. The average Bonchev–Trinajstić information content (AvgIpc) is 1.25. The van der Waals surface area contributed by atoms with Gasteiger partial charge in [0.05, 0.1) is 0 Å². The van der Waals surface area contributed by atoms with Crippen LogP contribution in [0.25, 0.3) is 0 Å². The topological polar surface area (TPSA) is 197 Å². The highest BCUT2D eigenvalue weighted by atomic mass is 32.2. The first-order valence-corrected chi connectivity index (χ1v) is 2.38. The molecule has 0 atom stereocenters. The lowest BCUT2D eigenvalue weighted by atomic mass is 11.2. The van der Waals surface area contributed by atoms with Crippen molar-refractivity contribution in [3.05, 3.63) is 0 Å². The van der Waals surface area contributed by atoms with Crippen LogP contribution in [0.5, 0.6) is 0 Å². The zero-order valence-electron chi connectivity index (χ0n) is 5.19. The lowest BCUT2D eigenvalue weighted by Gasteiger charge is -1.62. The van der Waals surface area contributed by atoms with Gasteiger partial charge in [0.2, 0.25) is 0 Å². The van der Waals surface area contributed by atoms with Crippen LogP contribution in [-0.4, -0.2) is 19.3 Å². The van der Waals surface area contributed by atoms with Crippen molar-refractivity contribution < 1.29 is 18.1 Å². The van der Waals surface area contributed by atoms with Crippen LogP contribution in [-0.2, 0) is 11.4 Å². The molecule has 0 aliphatic rings. The summed E-state index contributed by atoms with van der Waals surface area (Å²) < 4.78 is 22.8. The van der Waals surface area contributed by atoms with Gasteiger partial charge in [-0.2, -0.15) is 4.21 Å². The molecule has 10 heavy (non-hydrogen) atoms. The van der Waals surface area contributed by atoms with Crippen LogP contribution < -0.4 is 23.8 Å². The van der Waals surface area contributed by atoms with Crippen molar-refractivity contribution in [2.75, 3.05) is 0 Å². The lowest BCUT2D eigenvalue weighted by molar-refractivity contribution is 0.256. The maximum Gasteiger partial charge on any atom is 0.309 e. The van der Waals surface area contributed by atoms with Crippen LogP contribution in [0.1, 0.15) is 0 Å². The highest BCUT2D eigenvalue weighted by Gasteiger charge is 1.62. The molecule has 0 radical (unpaired) electrons. The summed E-state index contributed by atoms with van der Waals surface area (Å²) in [5.74, 6) is 0. The van der Waals surface area contributed by atoms with Gasteiger partial charge in [-0.15, -0.1) is 0 Å². The Balaban J connectivity index is -0.0000000300. The average molecular weight is 176 g/mol. The van der Waals surface area contributed by atoms with Gasteiger partial charge in [0.25, 0.3) is 11.4 Å². The van der Waals surface area contributed by atoms with Gasteiger partial charge in [-0.3, -0.25) is 9.11 Å². The number of amides is 2. The Bertz CT molecular complexity index is 75.3. The minimum atomic E-state index is -2.61. The molecule has 66 valence electrons. The minimum Gasteiger partial charge on any atom is -0.352 e. The molecule has 12 N–H and O–H groups in total. The van der Waals surface area contributed by atoms with Crippen LogP contribution in [0.15, 0.2) is 0 Å². The van der Waals surface area contributed by atoms with E-state index in [1.165, 1.54) is 0 Å². The first-order valence-electron chi connectivity index (χ1n) is 1.31. The molecule has 0 saturated heterocycles. The zero-order valence-corrected chi connectivity index (χ0v) is 6.00. The summed E-state index contributed by atoms with van der Waals surface area (Å²) in [6.45, 7) is 0. The molecule has 0 heterocycles. The lowest BCUT2D eigenvalue weighted by Crippen LogP contribution is -2.18. The number of carbonyl (C=O) groups excluding carboxylic acids is 1. The molecule has 0 aliphatic heterocycles. The van der Waals surface area contributed by atoms with Crippen molar-refractivity contribution in [1.82, 2.24) is 12.3 Å². The molecule has 0 aliphatic carbocycles. The third-order valence-electron chi connectivity index (χ3n) is 0. The van der Waals surface area contributed by atoms with E-state index in [4.69, 9.17) is 18.1 Å². The summed E-state index contributed by atoms with van der Waals surface area (Å²) in [5, 5.41) is 0. The van der Waals surface area contributed by atoms with Gasteiger partial charge in [0, 0.05) is 0 Å². The highest BCUT2D eigenvalue weighted by Crippen LogP contribution is 1.44. The van der Waals surface area contributed by atoms with E-state index in [0.717, 1.165) is 0 Å². The Labute approximate surface area is 60.2 Å². The first kappa shape index (κ1) is 22.8. The molecule has 0 aromatic carbocycles. The standard InChI is InChI=1S/CH4N2O.2H3N.H2O3S/c2-1(3)4;;;1-4(2)3/h(H4,2,3,4);2*1H3;(H2,1,2,3). The molecule has 2 amide bonds. The van der Waals surface area contributed by atoms with E-state index in [1.54, 1.807) is 0 Å². The van der Waals surface area contributed by atoms with E-state index < -0.39 is 17.4 Å². The number of urea groups is 1. The van der Waals surface area contributed by atoms with Crippen LogP contribution in [0, 0.1) is 0 Å². The van der Waals surface area contributed by atoms with Gasteiger partial charge in [-0.25, -0.2) is 4.79 Å². The summed E-state index contributed by atoms with van der Waals surface area (Å²) in [5.41, 5.74) is 8.50. The van der Waals surface area contributed by atoms with Crippen molar-refractivity contribution in [2.45, 2.75) is 0 Å². The number of carbonyl (C=O) groups is 1. The Kier molecular flexibility index (Phi) is 35.9. The second-order valence-corrected chi connectivity index (χ2v) is 1.09. The minimum absolute atomic E-state index is 0. The van der Waals surface area contributed by atoms with E-state index in [-0.39, 0.29) is 12.3 Å². The van der Waals surface area contributed by atoms with Gasteiger partial charge in [0.15, 0.2) is 0 Å². The van der Waals surface area contributed by atoms with Crippen molar-refractivity contribution in [3.63, 3.8) is 0 Å². The van der Waals surface area contributed by atoms with Crippen LogP contribution in [0.2, 0.25) is 0 Å². The predicted molar refractivity (Wildman–Crippen MR) is 37.2 cm³/mol. The fourth-order valence-corrected chi connectivity index (χ4v) is 0. The molecule has 0 aromatic rings. The van der Waals surface area contributed by atoms with Gasteiger partial charge in [-0.05, 0) is 0 Å². The fourth-order valence-electron chi connectivity index (χ4n) is 0. The summed E-state index contributed by atoms with van der Waals surface area (Å²) in [6, 6.07) is -0.833. The number of nitrogens with two attached hydrogens (primary N) is 2. The molecular formula is CH12N4O4S. The third-order valence-corrected chi connectivity index (χ3v) is 0. The van der Waals surface area contributed by atoms with Crippen molar-refractivity contribution in [3.8, 4) is 0 Å². The molecule has 0 aromatic heterocycles. The molecule has 0 saturated carbocycles. The quantitative estimate of drug-likeness (QED) is 0.256. The number of hydrogen-bond donors (Lipinski definition) is 6. The number of rotatable bonds is 0. The van der Waals surface area contributed by atoms with Gasteiger partial charge in [-0.1, -0.05) is 0 Å². The van der Waals surface area contributed by atoms with Gasteiger partial charge in [0.1, 0.15) is 0 Å². The van der Waals surface area contributed by atoms with E-state index >= 15 is 0 Å². The zero-order chi connectivity index (χ0) is 7.15. The molecule has 8 nitrogen and oxygen atoms in total. The predicted octanol–water partition coefficient (Wildman–Crippen LogP) is -0.971. The highest BCUT2D eigenvalue weighted by molar-refractivity contribution is 7.73. The van der Waals surface area contributed by atoms with Crippen molar-refractivity contribution in [2.24, 2.45) is 11.5 Å². The van der Waals surface area contributed by atoms with E-state index in [0.29, 0.717) is 0 Å². The van der Waals surface area contributed by atoms with Gasteiger partial charge >= 0.3 is 6.03 Å². The van der Waals surface area contributed by atoms with E-state index in [1.807, 2.05) is 0 Å². The first-order chi connectivity index (χ1) is 3.46. The Morgan fingerprint density at radius 1 is 1.20 bits per heavy atom. The normalized spacial score (nSPS) is 5.90. The molecule has 0 spiro atoms. The van der Waals surface area contributed by atoms with Crippen LogP contribution >= 0.6 is 0 Å². The number of primary amides is 2. The van der Waals surface area contributed by atoms with Crippen LogP contribution in [0.4, 0.5) is 4.79 Å². The number of hydrogen-bond acceptors (Lipinski definition) is 4. The molecule has 9 heteroatoms. The van der Waals surface area contributed by atoms with Crippen molar-refractivity contribution >= 4 is 17.4 Å². The van der Waals surface area contributed by atoms with Crippen molar-refractivity contribution in [1.29, 1.82) is 0 Å². The van der Waals surface area contributed by atoms with Gasteiger partial charge < -0.3 is 23.8 Å². The molecular weight excluding hydrogens is 164 g/mol. The molecule has 0 unspecified atom stereocenters. The second-order valence-electron chi connectivity index (χ2n) is 0.633. The Morgan fingerprint density at radius 2 is 1.20 bits per heavy atom. The maximum atomic E-state index is 9.00. The summed E-state index contributed by atoms with van der Waals surface area (Å²) in [6.07, 6.45) is 0. The molecule has 0 rings (SSSR count). The second kappa shape index (κ2) is 15.7. The fraction of sp³-hybridized carbons (Fsp3) is 0. The SMILES string of the molecule is N.N.NC(N)=O.O=S(O)O. The van der Waals surface area contributed by atoms with E-state index in [9.17, 15) is 0 Å². The summed E-state index contributed by atoms with van der Waals surface area (Å²) in [7, 11) is 0. The molecule has 0 bridgehead atoms. The molecule has 0 fully saturated rings. The van der Waals surface area contributed by atoms with E-state index in [2.05, 4.69) is 11.5 Å². The monoisotopic (exact) mass is 176 g/mol. The van der Waals surface area contributed by atoms with Crippen LogP contribution in [0.3, 0.4) is 0 Å². The Morgan fingerprint density at radius 3 is 1.20 bits per heavy atom. The maximum absolute atomic E-state index is 9.00. The third kappa shape index (κ3) is 520. The Hall–Kier alpha value is -0.740. The largest absolute Gasteiger partial charge is 0.352 e. The smallest absolute Gasteiger partial charge is 0.309 e.